The van der Waals surface area contributed by atoms with Crippen molar-refractivity contribution in [3.05, 3.63) is 212 Å². The van der Waals surface area contributed by atoms with Gasteiger partial charge in [0.15, 0.2) is 0 Å². The van der Waals surface area contributed by atoms with E-state index in [2.05, 4.69) is 226 Å². The van der Waals surface area contributed by atoms with Crippen LogP contribution in [-0.2, 0) is 0 Å². The molecule has 0 bridgehead atoms. The number of fused-ring (bicyclic) bond motifs is 6. The van der Waals surface area contributed by atoms with Crippen molar-refractivity contribution in [2.75, 3.05) is 4.90 Å². The average molecular weight is 730 g/mol. The largest absolute Gasteiger partial charge is 0.310 e. The van der Waals surface area contributed by atoms with E-state index in [9.17, 15) is 0 Å². The Morgan fingerprint density at radius 3 is 1.65 bits per heavy atom. The fourth-order valence-corrected chi connectivity index (χ4v) is 8.90. The summed E-state index contributed by atoms with van der Waals surface area (Å²) in [4.78, 5) is 2.46. The van der Waals surface area contributed by atoms with E-state index in [-0.39, 0.29) is 0 Å². The van der Waals surface area contributed by atoms with Gasteiger partial charge >= 0.3 is 0 Å². The Morgan fingerprint density at radius 2 is 0.947 bits per heavy atom. The van der Waals surface area contributed by atoms with Crippen LogP contribution < -0.4 is 4.90 Å². The molecule has 0 radical (unpaired) electrons. The van der Waals surface area contributed by atoms with Crippen molar-refractivity contribution in [1.82, 2.24) is 9.13 Å². The minimum atomic E-state index is 1.04. The van der Waals surface area contributed by atoms with Gasteiger partial charge in [-0.3, -0.25) is 0 Å². The van der Waals surface area contributed by atoms with Crippen LogP contribution in [0.3, 0.4) is 0 Å². The highest BCUT2D eigenvalue weighted by Gasteiger charge is 2.23. The molecular weight excluding hydrogens is 691 g/mol. The van der Waals surface area contributed by atoms with Crippen LogP contribution in [0.4, 0.5) is 17.1 Å². The summed E-state index contributed by atoms with van der Waals surface area (Å²) >= 11 is 0. The lowest BCUT2D eigenvalue weighted by molar-refractivity contribution is 1.02. The number of benzene rings is 8. The predicted octanol–water partition coefficient (Wildman–Crippen LogP) is 14.9. The quantitative estimate of drug-likeness (QED) is 0.159. The Bertz CT molecular complexity index is 3150. The van der Waals surface area contributed by atoms with Crippen LogP contribution in [0, 0.1) is 0 Å². The second-order valence-corrected chi connectivity index (χ2v) is 14.8. The van der Waals surface area contributed by atoms with Crippen molar-refractivity contribution in [3.8, 4) is 27.9 Å². The molecule has 57 heavy (non-hydrogen) atoms. The molecule has 0 saturated carbocycles. The van der Waals surface area contributed by atoms with Crippen molar-refractivity contribution < 1.29 is 0 Å². The molecule has 2 heterocycles. The van der Waals surface area contributed by atoms with E-state index in [1.54, 1.807) is 0 Å². The van der Waals surface area contributed by atoms with Gasteiger partial charge in [0.25, 0.3) is 0 Å². The van der Waals surface area contributed by atoms with Crippen LogP contribution in [0.15, 0.2) is 212 Å². The summed E-state index contributed by atoms with van der Waals surface area (Å²) in [7, 11) is 0. The molecule has 11 rings (SSSR count). The molecule has 0 unspecified atom stereocenters. The molecule has 270 valence electrons. The van der Waals surface area contributed by atoms with Crippen molar-refractivity contribution in [3.63, 3.8) is 0 Å². The number of allylic oxidation sites excluding steroid dienone is 4. The molecular formula is C54H39N3. The third-order valence-corrected chi connectivity index (χ3v) is 11.5. The van der Waals surface area contributed by atoms with Gasteiger partial charge < -0.3 is 14.0 Å². The average Bonchev–Trinajstić information content (AvgIpc) is 3.81. The normalized spacial score (nSPS) is 12.8. The number of hydrogen-bond acceptors (Lipinski definition) is 1. The fourth-order valence-electron chi connectivity index (χ4n) is 8.90. The third kappa shape index (κ3) is 5.58. The minimum absolute atomic E-state index is 1.04. The van der Waals surface area contributed by atoms with Crippen LogP contribution in [-0.4, -0.2) is 9.13 Å². The highest BCUT2D eigenvalue weighted by atomic mass is 15.2. The van der Waals surface area contributed by atoms with Gasteiger partial charge in [0.1, 0.15) is 0 Å². The Kier molecular flexibility index (Phi) is 7.96. The topological polar surface area (TPSA) is 13.1 Å². The summed E-state index contributed by atoms with van der Waals surface area (Å²) in [5.41, 5.74) is 15.3. The zero-order valence-corrected chi connectivity index (χ0v) is 31.5. The van der Waals surface area contributed by atoms with E-state index in [1.165, 1.54) is 71.6 Å². The second kappa shape index (κ2) is 13.7. The van der Waals surface area contributed by atoms with Gasteiger partial charge in [-0.1, -0.05) is 146 Å². The standard InChI is InChI=1S/C54H39N3/c1-4-15-38(16-5-1)39-27-29-40(30-28-39)41-31-33-44(34-32-41)55(45-35-36-47-46-21-10-12-23-49(46)57(53(47)37-45)43-19-8-3-9-20-43)51-25-14-26-52-54(51)48-22-11-13-24-50(48)56(52)42-17-6-2-7-18-42/h1,3-6,8-37H,2,7H2. The van der Waals surface area contributed by atoms with Gasteiger partial charge in [-0.05, 0) is 102 Å². The summed E-state index contributed by atoms with van der Waals surface area (Å²) in [6, 6.07) is 70.7. The van der Waals surface area contributed by atoms with E-state index < -0.39 is 0 Å². The molecule has 0 aliphatic heterocycles. The molecule has 1 aliphatic carbocycles. The molecule has 8 aromatic carbocycles. The van der Waals surface area contributed by atoms with Crippen LogP contribution >= 0.6 is 0 Å². The number of anilines is 3. The molecule has 3 nitrogen and oxygen atoms in total. The van der Waals surface area contributed by atoms with E-state index >= 15 is 0 Å². The van der Waals surface area contributed by atoms with Crippen LogP contribution in [0.25, 0.3) is 77.2 Å². The van der Waals surface area contributed by atoms with Crippen molar-refractivity contribution in [1.29, 1.82) is 0 Å². The van der Waals surface area contributed by atoms with Crippen LogP contribution in [0.2, 0.25) is 0 Å². The lowest BCUT2D eigenvalue weighted by Gasteiger charge is -2.27. The van der Waals surface area contributed by atoms with Crippen LogP contribution in [0.1, 0.15) is 12.8 Å². The number of nitrogens with zero attached hydrogens (tertiary/aromatic N) is 3. The predicted molar refractivity (Wildman–Crippen MR) is 242 cm³/mol. The second-order valence-electron chi connectivity index (χ2n) is 14.8. The Morgan fingerprint density at radius 1 is 0.386 bits per heavy atom. The Labute approximate surface area is 332 Å². The van der Waals surface area contributed by atoms with Gasteiger partial charge in [0.05, 0.1) is 27.8 Å². The van der Waals surface area contributed by atoms with Gasteiger partial charge in [-0.15, -0.1) is 0 Å². The molecule has 0 spiro atoms. The van der Waals surface area contributed by atoms with E-state index in [0.717, 1.165) is 35.6 Å². The Hall–Kier alpha value is -7.36. The first-order chi connectivity index (χ1) is 28.3. The number of aromatic nitrogens is 2. The maximum atomic E-state index is 2.46. The van der Waals surface area contributed by atoms with Gasteiger partial charge in [0.2, 0.25) is 0 Å². The van der Waals surface area contributed by atoms with Gasteiger partial charge in [0, 0.05) is 44.3 Å². The van der Waals surface area contributed by atoms with Crippen molar-refractivity contribution >= 4 is 66.4 Å². The molecule has 0 amide bonds. The zero-order valence-electron chi connectivity index (χ0n) is 31.5. The number of rotatable bonds is 7. The lowest BCUT2D eigenvalue weighted by Crippen LogP contribution is -2.10. The molecule has 1 aliphatic rings. The minimum Gasteiger partial charge on any atom is -0.310 e. The SMILES string of the molecule is C1=CC(n2c3ccccc3c3c(N(c4ccc(-c5ccc(-c6ccccc6)cc5)cc4)c4ccc5c6ccccc6n(-c6ccccc6)c5c4)cccc32)=CCC1. The van der Waals surface area contributed by atoms with Gasteiger partial charge in [-0.25, -0.2) is 0 Å². The summed E-state index contributed by atoms with van der Waals surface area (Å²) < 4.78 is 4.85. The summed E-state index contributed by atoms with van der Waals surface area (Å²) in [5, 5.41) is 4.95. The zero-order chi connectivity index (χ0) is 37.7. The van der Waals surface area contributed by atoms with E-state index in [4.69, 9.17) is 0 Å². The maximum absolute atomic E-state index is 2.46. The molecule has 0 saturated heterocycles. The van der Waals surface area contributed by atoms with Crippen LogP contribution in [0.5, 0.6) is 0 Å². The number of hydrogen-bond donors (Lipinski definition) is 0. The highest BCUT2D eigenvalue weighted by molar-refractivity contribution is 6.18. The maximum Gasteiger partial charge on any atom is 0.0562 e. The Balaban J connectivity index is 1.13. The highest BCUT2D eigenvalue weighted by Crippen LogP contribution is 2.46. The molecule has 0 fully saturated rings. The van der Waals surface area contributed by atoms with E-state index in [0.29, 0.717) is 0 Å². The molecule has 0 N–H and O–H groups in total. The summed E-state index contributed by atoms with van der Waals surface area (Å²) in [6.45, 7) is 0. The monoisotopic (exact) mass is 729 g/mol. The lowest BCUT2D eigenvalue weighted by atomic mass is 10.00. The van der Waals surface area contributed by atoms with E-state index in [1.807, 2.05) is 0 Å². The number of para-hydroxylation sites is 3. The molecule has 10 aromatic rings. The molecule has 2 aromatic heterocycles. The van der Waals surface area contributed by atoms with Crippen molar-refractivity contribution in [2.24, 2.45) is 0 Å². The first kappa shape index (κ1) is 33.0. The van der Waals surface area contributed by atoms with Gasteiger partial charge in [-0.2, -0.15) is 0 Å². The molecule has 3 heteroatoms. The summed E-state index contributed by atoms with van der Waals surface area (Å²) in [5.74, 6) is 0. The fraction of sp³-hybridized carbons (Fsp3) is 0.0370. The van der Waals surface area contributed by atoms with Crippen molar-refractivity contribution in [2.45, 2.75) is 12.8 Å². The first-order valence-corrected chi connectivity index (χ1v) is 19.8. The molecule has 0 atom stereocenters. The third-order valence-electron chi connectivity index (χ3n) is 11.5. The first-order valence-electron chi connectivity index (χ1n) is 19.8. The smallest absolute Gasteiger partial charge is 0.0562 e. The summed E-state index contributed by atoms with van der Waals surface area (Å²) in [6.07, 6.45) is 9.07.